The van der Waals surface area contributed by atoms with Gasteiger partial charge in [0.2, 0.25) is 5.76 Å². The summed E-state index contributed by atoms with van der Waals surface area (Å²) in [7, 11) is 0. The monoisotopic (exact) mass is 445 g/mol. The molecule has 0 radical (unpaired) electrons. The van der Waals surface area contributed by atoms with Crippen molar-refractivity contribution in [2.24, 2.45) is 0 Å². The van der Waals surface area contributed by atoms with Crippen molar-refractivity contribution in [3.05, 3.63) is 94.9 Å². The van der Waals surface area contributed by atoms with Crippen LogP contribution in [0.4, 0.5) is 5.69 Å². The molecule has 2 N–H and O–H groups in total. The number of aromatic nitrogens is 1. The molecule has 31 heavy (non-hydrogen) atoms. The molecular weight excluding hydrogens is 420 g/mol. The van der Waals surface area contributed by atoms with Gasteiger partial charge in [-0.25, -0.2) is 0 Å². The van der Waals surface area contributed by atoms with Crippen molar-refractivity contribution in [1.82, 2.24) is 0 Å². The molecule has 4 rings (SSSR count). The highest BCUT2D eigenvalue weighted by molar-refractivity contribution is 7.81. The Labute approximate surface area is 192 Å². The average Bonchev–Trinajstić information content (AvgIpc) is 3.29. The molecule has 0 amide bonds. The maximum atomic E-state index is 11.2. The molecule has 0 bridgehead atoms. The lowest BCUT2D eigenvalue weighted by Crippen LogP contribution is -2.38. The van der Waals surface area contributed by atoms with Crippen LogP contribution in [0.3, 0.4) is 0 Å². The van der Waals surface area contributed by atoms with Gasteiger partial charge >= 0.3 is 0 Å². The van der Waals surface area contributed by atoms with Crippen molar-refractivity contribution in [1.29, 1.82) is 0 Å². The molecular formula is C26H25N2OS2+. The molecule has 156 valence electrons. The van der Waals surface area contributed by atoms with Gasteiger partial charge in [0.05, 0.1) is 4.88 Å². The number of aliphatic hydroxyl groups excluding tert-OH is 1. The topological polar surface area (TPSA) is 36.1 Å². The van der Waals surface area contributed by atoms with Crippen LogP contribution < -0.4 is 9.88 Å². The first-order valence-electron chi connectivity index (χ1n) is 10.1. The SMILES string of the molecule is CC(C)(C)c1cc[n+](/C(C(=S)Nc2cccc3ccccc23)=C(/O)c2cccs2)cc1. The van der Waals surface area contributed by atoms with Gasteiger partial charge in [-0.2, -0.15) is 4.57 Å². The van der Waals surface area contributed by atoms with Crippen molar-refractivity contribution in [3.8, 4) is 0 Å². The van der Waals surface area contributed by atoms with Crippen LogP contribution in [0.2, 0.25) is 0 Å². The van der Waals surface area contributed by atoms with Crippen LogP contribution in [0.15, 0.2) is 84.5 Å². The van der Waals surface area contributed by atoms with E-state index >= 15 is 0 Å². The second-order valence-corrected chi connectivity index (χ2v) is 9.76. The van der Waals surface area contributed by atoms with E-state index in [9.17, 15) is 5.11 Å². The molecule has 0 spiro atoms. The minimum absolute atomic E-state index is 0.0421. The van der Waals surface area contributed by atoms with E-state index in [4.69, 9.17) is 12.2 Å². The maximum Gasteiger partial charge on any atom is 0.289 e. The maximum absolute atomic E-state index is 11.2. The minimum atomic E-state index is 0.0421. The number of nitrogens with zero attached hydrogens (tertiary/aromatic N) is 1. The summed E-state index contributed by atoms with van der Waals surface area (Å²) in [6.07, 6.45) is 3.91. The van der Waals surface area contributed by atoms with Gasteiger partial charge in [-0.3, -0.25) is 0 Å². The lowest BCUT2D eigenvalue weighted by atomic mass is 9.88. The quantitative estimate of drug-likeness (QED) is 0.157. The fraction of sp³-hybridized carbons (Fsp3) is 0.154. The van der Waals surface area contributed by atoms with E-state index in [1.807, 2.05) is 58.7 Å². The molecule has 2 aromatic heterocycles. The fourth-order valence-corrected chi connectivity index (χ4v) is 4.45. The Kier molecular flexibility index (Phi) is 5.90. The summed E-state index contributed by atoms with van der Waals surface area (Å²) in [6, 6.07) is 22.2. The van der Waals surface area contributed by atoms with E-state index in [1.165, 1.54) is 16.9 Å². The number of nitrogens with one attached hydrogen (secondary N) is 1. The van der Waals surface area contributed by atoms with Crippen LogP contribution in [0.5, 0.6) is 0 Å². The number of fused-ring (bicyclic) bond motifs is 1. The highest BCUT2D eigenvalue weighted by Gasteiger charge is 2.26. The molecule has 2 heterocycles. The van der Waals surface area contributed by atoms with Crippen LogP contribution >= 0.6 is 23.6 Å². The number of aliphatic hydroxyl groups is 1. The van der Waals surface area contributed by atoms with Crippen molar-refractivity contribution in [2.75, 3.05) is 5.32 Å². The van der Waals surface area contributed by atoms with E-state index in [0.717, 1.165) is 21.3 Å². The largest absolute Gasteiger partial charge is 0.501 e. The van der Waals surface area contributed by atoms with E-state index in [0.29, 0.717) is 10.7 Å². The standard InChI is InChI=1S/C26H24N2OS2/c1-26(2,3)19-13-15-28(16-14-19)23(24(29)22-12-7-17-31-22)25(30)27-21-11-6-9-18-8-4-5-10-20(18)21/h4-17H,1-3H3,(H-,27,29,30)/p+1. The van der Waals surface area contributed by atoms with E-state index in [2.05, 4.69) is 56.4 Å². The van der Waals surface area contributed by atoms with Gasteiger partial charge in [-0.15, -0.1) is 11.3 Å². The zero-order valence-corrected chi connectivity index (χ0v) is 19.4. The summed E-state index contributed by atoms with van der Waals surface area (Å²) < 4.78 is 1.88. The number of hydrogen-bond donors (Lipinski definition) is 2. The van der Waals surface area contributed by atoms with Gasteiger partial charge < -0.3 is 10.4 Å². The van der Waals surface area contributed by atoms with Gasteiger partial charge in [0.15, 0.2) is 17.4 Å². The molecule has 0 fully saturated rings. The van der Waals surface area contributed by atoms with Gasteiger partial charge in [0.1, 0.15) is 0 Å². The van der Waals surface area contributed by atoms with Gasteiger partial charge in [0, 0.05) is 23.2 Å². The number of pyridine rings is 1. The van der Waals surface area contributed by atoms with Crippen LogP contribution in [0, 0.1) is 0 Å². The van der Waals surface area contributed by atoms with Crippen molar-refractivity contribution >= 4 is 56.5 Å². The van der Waals surface area contributed by atoms with Crippen molar-refractivity contribution in [3.63, 3.8) is 0 Å². The molecule has 2 aromatic carbocycles. The second kappa shape index (κ2) is 8.61. The number of hydrogen-bond acceptors (Lipinski definition) is 3. The molecule has 0 unspecified atom stereocenters. The molecule has 0 saturated carbocycles. The Morgan fingerprint density at radius 3 is 2.32 bits per heavy atom. The number of thiocarbonyl (C=S) groups is 1. The first-order valence-corrected chi connectivity index (χ1v) is 11.4. The molecule has 0 aliphatic carbocycles. The molecule has 0 saturated heterocycles. The summed E-state index contributed by atoms with van der Waals surface area (Å²) in [5.41, 5.74) is 2.71. The molecule has 0 atom stereocenters. The average molecular weight is 446 g/mol. The Balaban J connectivity index is 1.78. The highest BCUT2D eigenvalue weighted by Crippen LogP contribution is 2.27. The number of rotatable bonds is 4. The second-order valence-electron chi connectivity index (χ2n) is 8.40. The highest BCUT2D eigenvalue weighted by atomic mass is 32.1. The van der Waals surface area contributed by atoms with Crippen LogP contribution in [-0.4, -0.2) is 10.1 Å². The normalized spacial score (nSPS) is 12.5. The smallest absolute Gasteiger partial charge is 0.289 e. The van der Waals surface area contributed by atoms with Crippen LogP contribution in [0.25, 0.3) is 22.2 Å². The molecule has 4 aromatic rings. The summed E-state index contributed by atoms with van der Waals surface area (Å²) in [5, 5.41) is 18.7. The third-order valence-electron chi connectivity index (χ3n) is 5.19. The van der Waals surface area contributed by atoms with Gasteiger partial charge in [-0.1, -0.05) is 75.5 Å². The molecule has 3 nitrogen and oxygen atoms in total. The molecule has 0 aliphatic heterocycles. The summed E-state index contributed by atoms with van der Waals surface area (Å²) >= 11 is 7.29. The Bertz CT molecular complexity index is 1250. The molecule has 0 aliphatic rings. The van der Waals surface area contributed by atoms with E-state index in [-0.39, 0.29) is 11.2 Å². The van der Waals surface area contributed by atoms with E-state index in [1.54, 1.807) is 0 Å². The third kappa shape index (κ3) is 4.53. The lowest BCUT2D eigenvalue weighted by Gasteiger charge is -2.18. The van der Waals surface area contributed by atoms with Gasteiger partial charge in [0.25, 0.3) is 5.70 Å². The lowest BCUT2D eigenvalue weighted by molar-refractivity contribution is -0.575. The third-order valence-corrected chi connectivity index (χ3v) is 6.36. The minimum Gasteiger partial charge on any atom is -0.501 e. The Morgan fingerprint density at radius 2 is 1.65 bits per heavy atom. The predicted octanol–water partition coefficient (Wildman–Crippen LogP) is 6.81. The summed E-state index contributed by atoms with van der Waals surface area (Å²) in [6.45, 7) is 6.54. The fourth-order valence-electron chi connectivity index (χ4n) is 3.47. The Morgan fingerprint density at radius 1 is 0.935 bits per heavy atom. The predicted molar refractivity (Wildman–Crippen MR) is 136 cm³/mol. The number of benzene rings is 2. The first kappa shape index (κ1) is 21.2. The zero-order valence-electron chi connectivity index (χ0n) is 17.8. The van der Waals surface area contributed by atoms with Crippen LogP contribution in [-0.2, 0) is 5.41 Å². The summed E-state index contributed by atoms with van der Waals surface area (Å²) in [4.78, 5) is 1.22. The first-order chi connectivity index (χ1) is 14.8. The van der Waals surface area contributed by atoms with Crippen molar-refractivity contribution < 1.29 is 9.67 Å². The van der Waals surface area contributed by atoms with Crippen molar-refractivity contribution in [2.45, 2.75) is 26.2 Å². The zero-order chi connectivity index (χ0) is 22.0. The number of thiophene rings is 1. The number of anilines is 1. The summed E-state index contributed by atoms with van der Waals surface area (Å²) in [5.74, 6) is 0.154. The van der Waals surface area contributed by atoms with Gasteiger partial charge in [-0.05, 0) is 33.9 Å². The van der Waals surface area contributed by atoms with Crippen LogP contribution in [0.1, 0.15) is 31.2 Å². The molecule has 5 heteroatoms. The Hall–Kier alpha value is -3.02. The van der Waals surface area contributed by atoms with E-state index < -0.39 is 0 Å².